The first-order chi connectivity index (χ1) is 14.9. The Morgan fingerprint density at radius 3 is 2.42 bits per heavy atom. The highest BCUT2D eigenvalue weighted by atomic mass is 35.5. The first-order valence-electron chi connectivity index (χ1n) is 9.84. The Bertz CT molecular complexity index is 1000. The fourth-order valence-electron chi connectivity index (χ4n) is 3.55. The van der Waals surface area contributed by atoms with Crippen LogP contribution in [-0.4, -0.2) is 48.6 Å². The minimum Gasteiger partial charge on any atom is -0.507 e. The first-order valence-corrected chi connectivity index (χ1v) is 10.6. The summed E-state index contributed by atoms with van der Waals surface area (Å²) in [4.78, 5) is 27.2. The van der Waals surface area contributed by atoms with Gasteiger partial charge in [0.05, 0.1) is 28.3 Å². The monoisotopic (exact) mass is 463 g/mol. The van der Waals surface area contributed by atoms with Crippen LogP contribution < -0.4 is 4.74 Å². The molecule has 0 radical (unpaired) electrons. The second kappa shape index (κ2) is 10.2. The molecule has 8 heteroatoms. The van der Waals surface area contributed by atoms with Crippen molar-refractivity contribution in [2.24, 2.45) is 0 Å². The maximum Gasteiger partial charge on any atom is 0.295 e. The van der Waals surface area contributed by atoms with Crippen LogP contribution in [0.4, 0.5) is 0 Å². The van der Waals surface area contributed by atoms with E-state index in [-0.39, 0.29) is 17.9 Å². The van der Waals surface area contributed by atoms with Gasteiger partial charge < -0.3 is 19.5 Å². The number of likely N-dealkylation sites (tertiary alicyclic amines) is 1. The summed E-state index contributed by atoms with van der Waals surface area (Å²) in [5, 5.41) is 11.7. The Morgan fingerprint density at radius 2 is 1.81 bits per heavy atom. The number of Topliss-reactive ketones (excluding diaryl/α,β-unsaturated/α-hetero) is 1. The molecule has 1 aliphatic heterocycles. The van der Waals surface area contributed by atoms with E-state index in [1.165, 1.54) is 4.90 Å². The smallest absolute Gasteiger partial charge is 0.295 e. The van der Waals surface area contributed by atoms with Gasteiger partial charge in [-0.2, -0.15) is 0 Å². The molecule has 1 N–H and O–H groups in total. The number of carbonyl (C=O) groups excluding carboxylic acids is 2. The summed E-state index contributed by atoms with van der Waals surface area (Å²) in [6.07, 6.45) is 0.532. The number of hydrogen-bond acceptors (Lipinski definition) is 5. The number of hydrogen-bond donors (Lipinski definition) is 1. The molecule has 0 saturated carbocycles. The van der Waals surface area contributed by atoms with E-state index in [4.69, 9.17) is 32.7 Å². The van der Waals surface area contributed by atoms with E-state index in [0.29, 0.717) is 46.6 Å². The number of rotatable bonds is 8. The van der Waals surface area contributed by atoms with Crippen molar-refractivity contribution in [1.82, 2.24) is 4.90 Å². The SMILES string of the molecule is CCOc1ccc(/C(O)=C2\C(=O)C(=O)N(CCCOC)C2c2ccc(Cl)c(Cl)c2)cc1. The van der Waals surface area contributed by atoms with E-state index in [9.17, 15) is 14.7 Å². The summed E-state index contributed by atoms with van der Waals surface area (Å²) >= 11 is 12.2. The van der Waals surface area contributed by atoms with Gasteiger partial charge >= 0.3 is 0 Å². The second-order valence-corrected chi connectivity index (χ2v) is 7.78. The second-order valence-electron chi connectivity index (χ2n) is 6.97. The van der Waals surface area contributed by atoms with Crippen LogP contribution in [0.3, 0.4) is 0 Å². The Kier molecular flexibility index (Phi) is 7.59. The Hall–Kier alpha value is -2.54. The van der Waals surface area contributed by atoms with Gasteiger partial charge in [0.1, 0.15) is 11.5 Å². The van der Waals surface area contributed by atoms with Crippen molar-refractivity contribution in [3.8, 4) is 5.75 Å². The largest absolute Gasteiger partial charge is 0.507 e. The average Bonchev–Trinajstić information content (AvgIpc) is 3.01. The molecule has 31 heavy (non-hydrogen) atoms. The molecule has 3 rings (SSSR count). The van der Waals surface area contributed by atoms with Crippen LogP contribution in [0.1, 0.15) is 30.5 Å². The highest BCUT2D eigenvalue weighted by Crippen LogP contribution is 2.41. The summed E-state index contributed by atoms with van der Waals surface area (Å²) in [5.41, 5.74) is 0.992. The van der Waals surface area contributed by atoms with E-state index in [1.807, 2.05) is 6.92 Å². The molecule has 0 bridgehead atoms. The molecule has 1 heterocycles. The first kappa shape index (κ1) is 23.1. The molecule has 0 spiro atoms. The van der Waals surface area contributed by atoms with Gasteiger partial charge in [0, 0.05) is 25.8 Å². The molecule has 0 aromatic heterocycles. The Labute approximate surface area is 191 Å². The van der Waals surface area contributed by atoms with Gasteiger partial charge in [0.2, 0.25) is 0 Å². The van der Waals surface area contributed by atoms with Crippen molar-refractivity contribution in [3.05, 3.63) is 69.2 Å². The maximum absolute atomic E-state index is 12.9. The minimum absolute atomic E-state index is 0.00460. The van der Waals surface area contributed by atoms with Crippen LogP contribution in [-0.2, 0) is 14.3 Å². The maximum atomic E-state index is 12.9. The van der Waals surface area contributed by atoms with Crippen molar-refractivity contribution in [1.29, 1.82) is 0 Å². The predicted octanol–water partition coefficient (Wildman–Crippen LogP) is 4.85. The van der Waals surface area contributed by atoms with E-state index in [1.54, 1.807) is 49.6 Å². The van der Waals surface area contributed by atoms with Gasteiger partial charge in [-0.1, -0.05) is 29.3 Å². The summed E-state index contributed by atoms with van der Waals surface area (Å²) in [7, 11) is 1.57. The van der Waals surface area contributed by atoms with Gasteiger partial charge in [0.15, 0.2) is 0 Å². The molecule has 1 fully saturated rings. The summed E-state index contributed by atoms with van der Waals surface area (Å²) in [6, 6.07) is 10.8. The highest BCUT2D eigenvalue weighted by Gasteiger charge is 2.45. The molecule has 1 saturated heterocycles. The number of amides is 1. The summed E-state index contributed by atoms with van der Waals surface area (Å²) < 4.78 is 10.5. The number of aliphatic hydroxyl groups excluding tert-OH is 1. The molecule has 2 aromatic rings. The fourth-order valence-corrected chi connectivity index (χ4v) is 3.86. The third-order valence-electron chi connectivity index (χ3n) is 4.99. The van der Waals surface area contributed by atoms with Crippen molar-refractivity contribution in [3.63, 3.8) is 0 Å². The van der Waals surface area contributed by atoms with Crippen LogP contribution in [0.15, 0.2) is 48.0 Å². The molecule has 2 aromatic carbocycles. The van der Waals surface area contributed by atoms with Gasteiger partial charge in [0.25, 0.3) is 11.7 Å². The number of ketones is 1. The number of ether oxygens (including phenoxy) is 2. The molecular weight excluding hydrogens is 441 g/mol. The lowest BCUT2D eigenvalue weighted by Gasteiger charge is -2.25. The molecule has 1 atom stereocenters. The van der Waals surface area contributed by atoms with Crippen LogP contribution >= 0.6 is 23.2 Å². The van der Waals surface area contributed by atoms with Crippen molar-refractivity contribution in [2.45, 2.75) is 19.4 Å². The van der Waals surface area contributed by atoms with E-state index in [2.05, 4.69) is 0 Å². The zero-order valence-electron chi connectivity index (χ0n) is 17.2. The van der Waals surface area contributed by atoms with Crippen LogP contribution in [0.25, 0.3) is 5.76 Å². The predicted molar refractivity (Wildman–Crippen MR) is 120 cm³/mol. The number of nitrogens with zero attached hydrogens (tertiary/aromatic N) is 1. The Morgan fingerprint density at radius 1 is 1.10 bits per heavy atom. The lowest BCUT2D eigenvalue weighted by atomic mass is 9.95. The van der Waals surface area contributed by atoms with Crippen LogP contribution in [0, 0.1) is 0 Å². The zero-order valence-corrected chi connectivity index (χ0v) is 18.7. The lowest BCUT2D eigenvalue weighted by molar-refractivity contribution is -0.140. The lowest BCUT2D eigenvalue weighted by Crippen LogP contribution is -2.31. The van der Waals surface area contributed by atoms with Gasteiger partial charge in [-0.25, -0.2) is 0 Å². The summed E-state index contributed by atoms with van der Waals surface area (Å²) in [5.74, 6) is -1.05. The molecule has 164 valence electrons. The highest BCUT2D eigenvalue weighted by molar-refractivity contribution is 6.46. The number of aliphatic hydroxyl groups is 1. The van der Waals surface area contributed by atoms with E-state index >= 15 is 0 Å². The van der Waals surface area contributed by atoms with E-state index < -0.39 is 17.7 Å². The average molecular weight is 464 g/mol. The van der Waals surface area contributed by atoms with Gasteiger partial charge in [-0.3, -0.25) is 9.59 Å². The molecule has 1 amide bonds. The third kappa shape index (κ3) is 4.87. The van der Waals surface area contributed by atoms with Gasteiger partial charge in [-0.05, 0) is 55.3 Å². The quantitative estimate of drug-likeness (QED) is 0.262. The molecule has 1 unspecified atom stereocenters. The molecule has 0 aliphatic carbocycles. The van der Waals surface area contributed by atoms with Crippen molar-refractivity contribution in [2.75, 3.05) is 26.9 Å². The Balaban J connectivity index is 2.09. The number of methoxy groups -OCH3 is 1. The van der Waals surface area contributed by atoms with Crippen molar-refractivity contribution < 1.29 is 24.2 Å². The van der Waals surface area contributed by atoms with Crippen molar-refractivity contribution >= 4 is 40.7 Å². The minimum atomic E-state index is -0.793. The van der Waals surface area contributed by atoms with Crippen LogP contribution in [0.2, 0.25) is 10.0 Å². The summed E-state index contributed by atoms with van der Waals surface area (Å²) in [6.45, 7) is 3.09. The normalized spacial score (nSPS) is 17.9. The zero-order chi connectivity index (χ0) is 22.5. The third-order valence-corrected chi connectivity index (χ3v) is 5.72. The van der Waals surface area contributed by atoms with Gasteiger partial charge in [-0.15, -0.1) is 0 Å². The van der Waals surface area contributed by atoms with E-state index in [0.717, 1.165) is 0 Å². The molecular formula is C23H23Cl2NO5. The number of benzene rings is 2. The molecule has 1 aliphatic rings. The topological polar surface area (TPSA) is 76.1 Å². The van der Waals surface area contributed by atoms with Crippen LogP contribution in [0.5, 0.6) is 5.75 Å². The number of halogens is 2. The molecule has 6 nitrogen and oxygen atoms in total. The fraction of sp³-hybridized carbons (Fsp3) is 0.304. The number of carbonyl (C=O) groups is 2. The standard InChI is InChI=1S/C23H23Cl2NO5/c1-3-31-16-8-5-14(6-9-16)21(27)19-20(15-7-10-17(24)18(25)13-15)26(11-4-12-30-2)23(29)22(19)28/h5-10,13,20,27H,3-4,11-12H2,1-2H3/b21-19+.